The number of amides is 2. The highest BCUT2D eigenvalue weighted by atomic mass is 16.6. The molecule has 0 radical (unpaired) electrons. The maximum absolute atomic E-state index is 11.8. The lowest BCUT2D eigenvalue weighted by molar-refractivity contribution is -0.109. The third-order valence-corrected chi connectivity index (χ3v) is 3.59. The first-order chi connectivity index (χ1) is 12.5. The van der Waals surface area contributed by atoms with Crippen LogP contribution >= 0.6 is 0 Å². The minimum absolute atomic E-state index is 0.0249. The lowest BCUT2D eigenvalue weighted by Gasteiger charge is -2.10. The first-order valence-corrected chi connectivity index (χ1v) is 7.95. The normalized spacial score (nSPS) is 10.2. The number of carbonyl (C=O) groups is 2. The fourth-order valence-corrected chi connectivity index (χ4v) is 2.25. The molecule has 0 atom stereocenters. The summed E-state index contributed by atoms with van der Waals surface area (Å²) >= 11 is 0. The van der Waals surface area contributed by atoms with Crippen LogP contribution in [0.1, 0.15) is 11.1 Å². The van der Waals surface area contributed by atoms with Gasteiger partial charge in [-0.3, -0.25) is 4.79 Å². The van der Waals surface area contributed by atoms with Crippen LogP contribution in [0.2, 0.25) is 0 Å². The van der Waals surface area contributed by atoms with Crippen molar-refractivity contribution >= 4 is 12.5 Å². The van der Waals surface area contributed by atoms with E-state index in [4.69, 9.17) is 4.74 Å². The van der Waals surface area contributed by atoms with Crippen LogP contribution in [0, 0.1) is 0 Å². The third-order valence-electron chi connectivity index (χ3n) is 3.59. The summed E-state index contributed by atoms with van der Waals surface area (Å²) in [6.45, 7) is 0.690. The number of aromatic hydroxyl groups is 3. The molecule has 2 aromatic carbocycles. The van der Waals surface area contributed by atoms with Crippen molar-refractivity contribution in [2.75, 3.05) is 13.1 Å². The Balaban J connectivity index is 1.81. The van der Waals surface area contributed by atoms with Gasteiger partial charge in [0.1, 0.15) is 0 Å². The van der Waals surface area contributed by atoms with Crippen LogP contribution in [0.3, 0.4) is 0 Å². The molecule has 2 aromatic rings. The van der Waals surface area contributed by atoms with Gasteiger partial charge in [-0.15, -0.1) is 0 Å². The van der Waals surface area contributed by atoms with E-state index in [1.54, 1.807) is 12.1 Å². The molecule has 5 N–H and O–H groups in total. The zero-order valence-electron chi connectivity index (χ0n) is 13.9. The maximum atomic E-state index is 11.8. The molecule has 0 bridgehead atoms. The second kappa shape index (κ2) is 9.16. The van der Waals surface area contributed by atoms with Gasteiger partial charge in [-0.1, -0.05) is 12.1 Å². The Labute approximate surface area is 150 Å². The second-order valence-corrected chi connectivity index (χ2v) is 5.51. The molecule has 26 heavy (non-hydrogen) atoms. The van der Waals surface area contributed by atoms with Crippen LogP contribution in [0.5, 0.6) is 23.0 Å². The van der Waals surface area contributed by atoms with E-state index in [0.29, 0.717) is 25.8 Å². The molecule has 0 aliphatic rings. The number of hydrogen-bond donors (Lipinski definition) is 5. The summed E-state index contributed by atoms with van der Waals surface area (Å²) in [5.41, 5.74) is 1.52. The molecule has 2 amide bonds. The second-order valence-electron chi connectivity index (χ2n) is 5.51. The van der Waals surface area contributed by atoms with Crippen molar-refractivity contribution in [3.63, 3.8) is 0 Å². The van der Waals surface area contributed by atoms with Crippen molar-refractivity contribution in [2.45, 2.75) is 12.8 Å². The Bertz CT molecular complexity index is 778. The number of nitrogens with one attached hydrogen (secondary N) is 2. The lowest BCUT2D eigenvalue weighted by Crippen LogP contribution is -2.28. The SMILES string of the molecule is O=CNCCc1ccc(OC(=O)NCCc2ccc(O)c(O)c2)c(O)c1. The standard InChI is InChI=1S/C18H20N2O6/c21-11-19-7-5-13-2-4-17(16(24)10-13)26-18(25)20-8-6-12-1-3-14(22)15(23)9-12/h1-4,9-11,22-24H,5-8H2,(H,19,21)(H,20,25). The maximum Gasteiger partial charge on any atom is 0.412 e. The summed E-state index contributed by atoms with van der Waals surface area (Å²) < 4.78 is 5.05. The molecule has 0 saturated carbocycles. The van der Waals surface area contributed by atoms with Crippen molar-refractivity contribution in [2.24, 2.45) is 0 Å². The van der Waals surface area contributed by atoms with E-state index in [0.717, 1.165) is 11.1 Å². The number of hydrogen-bond acceptors (Lipinski definition) is 6. The van der Waals surface area contributed by atoms with Gasteiger partial charge in [-0.05, 0) is 48.2 Å². The number of rotatable bonds is 8. The molecule has 0 unspecified atom stereocenters. The first kappa shape index (κ1) is 18.9. The van der Waals surface area contributed by atoms with E-state index in [9.17, 15) is 24.9 Å². The van der Waals surface area contributed by atoms with Gasteiger partial charge in [0, 0.05) is 13.1 Å². The average molecular weight is 360 g/mol. The number of benzene rings is 2. The molecule has 0 aliphatic carbocycles. The highest BCUT2D eigenvalue weighted by Crippen LogP contribution is 2.27. The molecule has 8 heteroatoms. The number of carbonyl (C=O) groups excluding carboxylic acids is 2. The molecule has 0 fully saturated rings. The van der Waals surface area contributed by atoms with Gasteiger partial charge in [0.05, 0.1) is 0 Å². The third kappa shape index (κ3) is 5.59. The van der Waals surface area contributed by atoms with Gasteiger partial charge < -0.3 is 30.7 Å². The molecule has 0 aromatic heterocycles. The van der Waals surface area contributed by atoms with E-state index in [2.05, 4.69) is 10.6 Å². The van der Waals surface area contributed by atoms with E-state index in [1.807, 2.05) is 0 Å². The van der Waals surface area contributed by atoms with E-state index in [-0.39, 0.29) is 29.5 Å². The monoisotopic (exact) mass is 360 g/mol. The Morgan fingerprint density at radius 1 is 0.923 bits per heavy atom. The summed E-state index contributed by atoms with van der Waals surface area (Å²) in [6, 6.07) is 9.04. The smallest absolute Gasteiger partial charge is 0.412 e. The zero-order valence-corrected chi connectivity index (χ0v) is 13.9. The molecule has 0 heterocycles. The van der Waals surface area contributed by atoms with E-state index < -0.39 is 6.09 Å². The lowest BCUT2D eigenvalue weighted by atomic mass is 10.1. The topological polar surface area (TPSA) is 128 Å². The first-order valence-electron chi connectivity index (χ1n) is 7.95. The Hall–Kier alpha value is -3.42. The molecular formula is C18H20N2O6. The van der Waals surface area contributed by atoms with Crippen molar-refractivity contribution < 1.29 is 29.6 Å². The molecule has 0 spiro atoms. The Morgan fingerprint density at radius 2 is 1.58 bits per heavy atom. The van der Waals surface area contributed by atoms with Gasteiger partial charge in [-0.2, -0.15) is 0 Å². The minimum atomic E-state index is -0.723. The Morgan fingerprint density at radius 3 is 2.23 bits per heavy atom. The summed E-state index contributed by atoms with van der Waals surface area (Å²) in [5.74, 6) is -0.579. The minimum Gasteiger partial charge on any atom is -0.504 e. The predicted molar refractivity (Wildman–Crippen MR) is 93.4 cm³/mol. The van der Waals surface area contributed by atoms with Gasteiger partial charge in [0.2, 0.25) is 6.41 Å². The number of phenols is 3. The number of phenolic OH excluding ortho intramolecular Hbond substituents is 3. The van der Waals surface area contributed by atoms with Gasteiger partial charge >= 0.3 is 6.09 Å². The molecule has 8 nitrogen and oxygen atoms in total. The zero-order chi connectivity index (χ0) is 18.9. The summed E-state index contributed by atoms with van der Waals surface area (Å²) in [5, 5.41) is 33.6. The predicted octanol–water partition coefficient (Wildman–Crippen LogP) is 1.42. The van der Waals surface area contributed by atoms with Crippen molar-refractivity contribution in [1.29, 1.82) is 0 Å². The molecule has 138 valence electrons. The van der Waals surface area contributed by atoms with Crippen molar-refractivity contribution in [3.05, 3.63) is 47.5 Å². The van der Waals surface area contributed by atoms with Crippen LogP contribution in [0.4, 0.5) is 4.79 Å². The van der Waals surface area contributed by atoms with Gasteiger partial charge in [0.25, 0.3) is 0 Å². The van der Waals surface area contributed by atoms with Crippen LogP contribution < -0.4 is 15.4 Å². The van der Waals surface area contributed by atoms with Crippen LogP contribution in [-0.2, 0) is 17.6 Å². The van der Waals surface area contributed by atoms with Gasteiger partial charge in [0.15, 0.2) is 23.0 Å². The van der Waals surface area contributed by atoms with Gasteiger partial charge in [-0.25, -0.2) is 4.79 Å². The summed E-state index contributed by atoms with van der Waals surface area (Å²) in [6.07, 6.45) is 0.843. The quantitative estimate of drug-likeness (QED) is 0.275. The fourth-order valence-electron chi connectivity index (χ4n) is 2.25. The van der Waals surface area contributed by atoms with Crippen LogP contribution in [0.25, 0.3) is 0 Å². The average Bonchev–Trinajstić information content (AvgIpc) is 2.60. The summed E-state index contributed by atoms with van der Waals surface area (Å²) in [7, 11) is 0. The van der Waals surface area contributed by atoms with Crippen molar-refractivity contribution in [1.82, 2.24) is 10.6 Å². The highest BCUT2D eigenvalue weighted by molar-refractivity contribution is 5.71. The molecular weight excluding hydrogens is 340 g/mol. The summed E-state index contributed by atoms with van der Waals surface area (Å²) in [4.78, 5) is 22.0. The molecule has 0 aliphatic heterocycles. The van der Waals surface area contributed by atoms with E-state index in [1.165, 1.54) is 24.3 Å². The largest absolute Gasteiger partial charge is 0.504 e. The van der Waals surface area contributed by atoms with Crippen LogP contribution in [0.15, 0.2) is 36.4 Å². The van der Waals surface area contributed by atoms with Crippen LogP contribution in [-0.4, -0.2) is 40.9 Å². The molecule has 2 rings (SSSR count). The van der Waals surface area contributed by atoms with Crippen molar-refractivity contribution in [3.8, 4) is 23.0 Å². The fraction of sp³-hybridized carbons (Fsp3) is 0.222. The molecule has 0 saturated heterocycles. The van der Waals surface area contributed by atoms with E-state index >= 15 is 0 Å². The Kier molecular flexibility index (Phi) is 6.67. The highest BCUT2D eigenvalue weighted by Gasteiger charge is 2.09. The number of ether oxygens (including phenoxy) is 1.